The molecule has 0 bridgehead atoms. The van der Waals surface area contributed by atoms with E-state index in [-0.39, 0.29) is 0 Å². The minimum absolute atomic E-state index is 0.858. The maximum atomic E-state index is 4.80. The van der Waals surface area contributed by atoms with Crippen LogP contribution in [0.3, 0.4) is 0 Å². The summed E-state index contributed by atoms with van der Waals surface area (Å²) in [6.07, 6.45) is 8.20. The van der Waals surface area contributed by atoms with Crippen molar-refractivity contribution in [3.05, 3.63) is 23.4 Å². The van der Waals surface area contributed by atoms with Crippen LogP contribution in [0.4, 0.5) is 5.82 Å². The number of nitrogens with one attached hydrogen (secondary N) is 1. The van der Waals surface area contributed by atoms with Gasteiger partial charge >= 0.3 is 0 Å². The van der Waals surface area contributed by atoms with Gasteiger partial charge in [0.1, 0.15) is 5.82 Å². The van der Waals surface area contributed by atoms with E-state index in [9.17, 15) is 0 Å². The van der Waals surface area contributed by atoms with Crippen LogP contribution in [0, 0.1) is 12.8 Å². The molecule has 21 heavy (non-hydrogen) atoms. The van der Waals surface area contributed by atoms with E-state index in [2.05, 4.69) is 43.2 Å². The maximum Gasteiger partial charge on any atom is 0.128 e. The van der Waals surface area contributed by atoms with Crippen LogP contribution in [0.2, 0.25) is 0 Å². The predicted octanol–water partition coefficient (Wildman–Crippen LogP) is 3.91. The summed E-state index contributed by atoms with van der Waals surface area (Å²) in [5, 5.41) is 3.45. The van der Waals surface area contributed by atoms with Gasteiger partial charge in [0.05, 0.1) is 0 Å². The number of hydrogen-bond acceptors (Lipinski definition) is 3. The van der Waals surface area contributed by atoms with E-state index in [4.69, 9.17) is 4.98 Å². The summed E-state index contributed by atoms with van der Waals surface area (Å²) >= 11 is 0. The summed E-state index contributed by atoms with van der Waals surface area (Å²) in [5.74, 6) is 1.98. The Kier molecular flexibility index (Phi) is 6.50. The van der Waals surface area contributed by atoms with Crippen LogP contribution in [-0.2, 0) is 6.54 Å². The molecule has 0 amide bonds. The van der Waals surface area contributed by atoms with Crippen molar-refractivity contribution < 1.29 is 0 Å². The number of anilines is 1. The Balaban J connectivity index is 1.91. The van der Waals surface area contributed by atoms with Crippen LogP contribution >= 0.6 is 0 Å². The maximum absolute atomic E-state index is 4.80. The number of aryl methyl sites for hydroxylation is 1. The lowest BCUT2D eigenvalue weighted by molar-refractivity contribution is 0.361. The van der Waals surface area contributed by atoms with Crippen molar-refractivity contribution in [2.24, 2.45) is 5.92 Å². The fourth-order valence-electron chi connectivity index (χ4n) is 3.23. The highest BCUT2D eigenvalue weighted by Crippen LogP contribution is 2.25. The largest absolute Gasteiger partial charge is 0.359 e. The molecule has 1 aliphatic rings. The lowest BCUT2D eigenvalue weighted by atomic mass is 9.89. The highest BCUT2D eigenvalue weighted by Gasteiger charge is 2.16. The number of aromatic nitrogens is 1. The summed E-state index contributed by atoms with van der Waals surface area (Å²) in [5.41, 5.74) is 2.48. The molecule has 3 heteroatoms. The van der Waals surface area contributed by atoms with Crippen LogP contribution < -0.4 is 10.2 Å². The third-order valence-corrected chi connectivity index (χ3v) is 4.57. The molecule has 0 spiro atoms. The Labute approximate surface area is 130 Å². The lowest BCUT2D eigenvalue weighted by Crippen LogP contribution is -2.27. The van der Waals surface area contributed by atoms with Gasteiger partial charge in [0.2, 0.25) is 0 Å². The van der Waals surface area contributed by atoms with Crippen molar-refractivity contribution >= 4 is 5.82 Å². The molecule has 0 atom stereocenters. The van der Waals surface area contributed by atoms with E-state index in [0.29, 0.717) is 0 Å². The molecule has 1 aromatic heterocycles. The minimum Gasteiger partial charge on any atom is -0.359 e. The highest BCUT2D eigenvalue weighted by atomic mass is 15.2. The van der Waals surface area contributed by atoms with Crippen molar-refractivity contribution in [3.8, 4) is 0 Å². The third-order valence-electron chi connectivity index (χ3n) is 4.57. The Morgan fingerprint density at radius 2 is 2.00 bits per heavy atom. The summed E-state index contributed by atoms with van der Waals surface area (Å²) in [6.45, 7) is 7.48. The van der Waals surface area contributed by atoms with Gasteiger partial charge < -0.3 is 10.2 Å². The van der Waals surface area contributed by atoms with Gasteiger partial charge in [-0.1, -0.05) is 32.3 Å². The summed E-state index contributed by atoms with van der Waals surface area (Å²) < 4.78 is 0. The molecule has 118 valence electrons. The number of hydrogen-bond donors (Lipinski definition) is 1. The molecule has 1 aliphatic carbocycles. The van der Waals surface area contributed by atoms with Gasteiger partial charge in [-0.15, -0.1) is 0 Å². The average molecular weight is 289 g/mol. The SMILES string of the molecule is CCCNCc1ccc(N(C)CC2CCCCC2)nc1C. The second-order valence-corrected chi connectivity index (χ2v) is 6.48. The first-order chi connectivity index (χ1) is 10.2. The molecular weight excluding hydrogens is 258 g/mol. The van der Waals surface area contributed by atoms with Crippen LogP contribution in [-0.4, -0.2) is 25.1 Å². The zero-order valence-electron chi connectivity index (χ0n) is 14.0. The van der Waals surface area contributed by atoms with Crippen molar-refractivity contribution in [2.75, 3.05) is 25.0 Å². The molecule has 0 saturated heterocycles. The van der Waals surface area contributed by atoms with Gasteiger partial charge in [0.15, 0.2) is 0 Å². The summed E-state index contributed by atoms with van der Waals surface area (Å²) in [7, 11) is 2.19. The van der Waals surface area contributed by atoms with Gasteiger partial charge in [-0.05, 0) is 50.3 Å². The fraction of sp³-hybridized carbons (Fsp3) is 0.722. The topological polar surface area (TPSA) is 28.2 Å². The third kappa shape index (κ3) is 4.99. The highest BCUT2D eigenvalue weighted by molar-refractivity contribution is 5.41. The van der Waals surface area contributed by atoms with E-state index in [1.54, 1.807) is 0 Å². The standard InChI is InChI=1S/C18H31N3/c1-4-12-19-13-17-10-11-18(20-15(17)2)21(3)14-16-8-6-5-7-9-16/h10-11,16,19H,4-9,12-14H2,1-3H3. The normalized spacial score (nSPS) is 16.1. The molecule has 1 aromatic rings. The summed E-state index contributed by atoms with van der Waals surface area (Å²) in [4.78, 5) is 7.14. The molecule has 0 unspecified atom stereocenters. The van der Waals surface area contributed by atoms with Crippen molar-refractivity contribution in [1.82, 2.24) is 10.3 Å². The first kappa shape index (κ1) is 16.3. The average Bonchev–Trinajstić information content (AvgIpc) is 2.50. The first-order valence-electron chi connectivity index (χ1n) is 8.59. The van der Waals surface area contributed by atoms with Gasteiger partial charge in [-0.2, -0.15) is 0 Å². The van der Waals surface area contributed by atoms with Crippen molar-refractivity contribution in [2.45, 2.75) is 58.9 Å². The summed E-state index contributed by atoms with van der Waals surface area (Å²) in [6, 6.07) is 4.41. The Morgan fingerprint density at radius 1 is 1.24 bits per heavy atom. The van der Waals surface area contributed by atoms with Crippen molar-refractivity contribution in [1.29, 1.82) is 0 Å². The van der Waals surface area contributed by atoms with Gasteiger partial charge in [-0.3, -0.25) is 0 Å². The molecule has 0 aromatic carbocycles. The molecule has 2 rings (SSSR count). The molecule has 1 heterocycles. The number of nitrogens with zero attached hydrogens (tertiary/aromatic N) is 2. The van der Waals surface area contributed by atoms with Gasteiger partial charge in [-0.25, -0.2) is 4.98 Å². The molecule has 1 fully saturated rings. The second-order valence-electron chi connectivity index (χ2n) is 6.48. The van der Waals surface area contributed by atoms with E-state index in [0.717, 1.165) is 37.1 Å². The Bertz CT molecular complexity index is 424. The second kappa shape index (κ2) is 8.38. The van der Waals surface area contributed by atoms with Crippen molar-refractivity contribution in [3.63, 3.8) is 0 Å². The van der Waals surface area contributed by atoms with E-state index in [1.165, 1.54) is 44.1 Å². The lowest BCUT2D eigenvalue weighted by Gasteiger charge is -2.28. The Hall–Kier alpha value is -1.09. The van der Waals surface area contributed by atoms with Gasteiger partial charge in [0, 0.05) is 25.8 Å². The Morgan fingerprint density at radius 3 is 2.67 bits per heavy atom. The first-order valence-corrected chi connectivity index (χ1v) is 8.59. The molecule has 3 nitrogen and oxygen atoms in total. The predicted molar refractivity (Wildman–Crippen MR) is 90.8 cm³/mol. The molecule has 0 aliphatic heterocycles. The molecular formula is C18H31N3. The fourth-order valence-corrected chi connectivity index (χ4v) is 3.23. The molecule has 0 radical (unpaired) electrons. The monoisotopic (exact) mass is 289 g/mol. The smallest absolute Gasteiger partial charge is 0.128 e. The zero-order valence-corrected chi connectivity index (χ0v) is 14.0. The van der Waals surface area contributed by atoms with Crippen LogP contribution in [0.25, 0.3) is 0 Å². The molecule has 1 saturated carbocycles. The minimum atomic E-state index is 0.858. The van der Waals surface area contributed by atoms with E-state index < -0.39 is 0 Å². The number of rotatable bonds is 7. The van der Waals surface area contributed by atoms with E-state index in [1.807, 2.05) is 0 Å². The quantitative estimate of drug-likeness (QED) is 0.771. The van der Waals surface area contributed by atoms with Gasteiger partial charge in [0.25, 0.3) is 0 Å². The number of pyridine rings is 1. The molecule has 1 N–H and O–H groups in total. The van der Waals surface area contributed by atoms with E-state index >= 15 is 0 Å². The van der Waals surface area contributed by atoms with Crippen LogP contribution in [0.15, 0.2) is 12.1 Å². The van der Waals surface area contributed by atoms with Crippen LogP contribution in [0.5, 0.6) is 0 Å². The van der Waals surface area contributed by atoms with Crippen LogP contribution in [0.1, 0.15) is 56.7 Å². The zero-order chi connectivity index (χ0) is 15.1.